The van der Waals surface area contributed by atoms with Crippen LogP contribution in [0.5, 0.6) is 0 Å². The van der Waals surface area contributed by atoms with Gasteiger partial charge in [-0.05, 0) is 46.4 Å². The van der Waals surface area contributed by atoms with Gasteiger partial charge in [0.2, 0.25) is 5.91 Å². The second-order valence-corrected chi connectivity index (χ2v) is 7.89. The van der Waals surface area contributed by atoms with Crippen LogP contribution in [0.4, 0.5) is 0 Å². The van der Waals surface area contributed by atoms with E-state index in [0.717, 1.165) is 40.7 Å². The zero-order valence-electron chi connectivity index (χ0n) is 18.0. The number of carbonyl (C=O) groups is 2. The Labute approximate surface area is 183 Å². The number of rotatable bonds is 6. The molecule has 1 atom stereocenters. The molecule has 4 nitrogen and oxygen atoms in total. The lowest BCUT2D eigenvalue weighted by Crippen LogP contribution is -2.29. The van der Waals surface area contributed by atoms with Crippen molar-refractivity contribution in [2.45, 2.75) is 38.8 Å². The minimum absolute atomic E-state index is 0.0783. The fraction of sp³-hybridized carbons (Fsp3) is 0.259. The molecule has 0 N–H and O–H groups in total. The van der Waals surface area contributed by atoms with Crippen LogP contribution < -0.4 is 0 Å². The molecule has 1 heterocycles. The Bertz CT molecular complexity index is 1090. The van der Waals surface area contributed by atoms with Crippen molar-refractivity contribution in [1.82, 2.24) is 4.90 Å². The second-order valence-electron chi connectivity index (χ2n) is 7.89. The third-order valence-electron chi connectivity index (χ3n) is 5.91. The molecule has 4 heteroatoms. The summed E-state index contributed by atoms with van der Waals surface area (Å²) in [7, 11) is 1.39. The normalized spacial score (nSPS) is 14.9. The second kappa shape index (κ2) is 9.17. The zero-order chi connectivity index (χ0) is 21.8. The van der Waals surface area contributed by atoms with Gasteiger partial charge >= 0.3 is 5.97 Å². The number of unbranched alkanes of at least 4 members (excludes halogenated alkanes) is 1. The summed E-state index contributed by atoms with van der Waals surface area (Å²) in [4.78, 5) is 27.3. The summed E-state index contributed by atoms with van der Waals surface area (Å²) in [6, 6.07) is 23.8. The minimum atomic E-state index is -0.352. The summed E-state index contributed by atoms with van der Waals surface area (Å²) in [5.41, 5.74) is 5.72. The summed E-state index contributed by atoms with van der Waals surface area (Å²) < 4.78 is 4.96. The van der Waals surface area contributed by atoms with Crippen molar-refractivity contribution >= 4 is 11.9 Å². The van der Waals surface area contributed by atoms with Gasteiger partial charge in [0.25, 0.3) is 0 Å². The predicted molar refractivity (Wildman–Crippen MR) is 122 cm³/mol. The molecule has 1 aliphatic heterocycles. The fourth-order valence-electron chi connectivity index (χ4n) is 4.34. The van der Waals surface area contributed by atoms with Crippen LogP contribution in [0.1, 0.15) is 59.3 Å². The molecule has 3 aromatic rings. The Morgan fingerprint density at radius 2 is 1.74 bits per heavy atom. The SMILES string of the molecule is CCCCC(=O)N1Cc2cc(-c3ccccc3C(=O)OC)ccc2C1c1ccccc1. The Morgan fingerprint density at radius 1 is 1.00 bits per heavy atom. The van der Waals surface area contributed by atoms with Crippen molar-refractivity contribution in [3.8, 4) is 11.1 Å². The number of benzene rings is 3. The van der Waals surface area contributed by atoms with Crippen LogP contribution in [-0.4, -0.2) is 23.9 Å². The van der Waals surface area contributed by atoms with Gasteiger partial charge in [-0.2, -0.15) is 0 Å². The van der Waals surface area contributed by atoms with E-state index < -0.39 is 0 Å². The third-order valence-corrected chi connectivity index (χ3v) is 5.91. The lowest BCUT2D eigenvalue weighted by Gasteiger charge is -2.26. The lowest BCUT2D eigenvalue weighted by atomic mass is 9.93. The molecule has 1 amide bonds. The Kier molecular flexibility index (Phi) is 6.17. The first kappa shape index (κ1) is 20.9. The maximum atomic E-state index is 13.1. The highest BCUT2D eigenvalue weighted by molar-refractivity contribution is 5.97. The molecular weight excluding hydrogens is 386 g/mol. The predicted octanol–water partition coefficient (Wildman–Crippen LogP) is 5.76. The lowest BCUT2D eigenvalue weighted by molar-refractivity contribution is -0.133. The van der Waals surface area contributed by atoms with Crippen LogP contribution in [0, 0.1) is 0 Å². The first-order valence-corrected chi connectivity index (χ1v) is 10.8. The van der Waals surface area contributed by atoms with Crippen molar-refractivity contribution in [2.75, 3.05) is 7.11 Å². The van der Waals surface area contributed by atoms with E-state index in [9.17, 15) is 9.59 Å². The van der Waals surface area contributed by atoms with Gasteiger partial charge in [-0.25, -0.2) is 4.79 Å². The average molecular weight is 414 g/mol. The van der Waals surface area contributed by atoms with Gasteiger partial charge in [-0.15, -0.1) is 0 Å². The van der Waals surface area contributed by atoms with Gasteiger partial charge in [0.15, 0.2) is 0 Å². The molecule has 3 aromatic carbocycles. The molecule has 0 aromatic heterocycles. The molecule has 0 saturated heterocycles. The van der Waals surface area contributed by atoms with Gasteiger partial charge in [-0.3, -0.25) is 4.79 Å². The van der Waals surface area contributed by atoms with E-state index in [-0.39, 0.29) is 17.9 Å². The number of amides is 1. The number of carbonyl (C=O) groups excluding carboxylic acids is 2. The molecule has 0 aliphatic carbocycles. The summed E-state index contributed by atoms with van der Waals surface area (Å²) in [6.07, 6.45) is 2.45. The highest BCUT2D eigenvalue weighted by Gasteiger charge is 2.34. The van der Waals surface area contributed by atoms with Gasteiger partial charge in [0.05, 0.1) is 18.7 Å². The van der Waals surface area contributed by atoms with Crippen molar-refractivity contribution in [2.24, 2.45) is 0 Å². The highest BCUT2D eigenvalue weighted by atomic mass is 16.5. The minimum Gasteiger partial charge on any atom is -0.465 e. The fourth-order valence-corrected chi connectivity index (χ4v) is 4.34. The van der Waals surface area contributed by atoms with E-state index in [1.165, 1.54) is 7.11 Å². The maximum absolute atomic E-state index is 13.1. The smallest absolute Gasteiger partial charge is 0.338 e. The zero-order valence-corrected chi connectivity index (χ0v) is 18.0. The van der Waals surface area contributed by atoms with E-state index in [1.807, 2.05) is 47.4 Å². The molecule has 0 fully saturated rings. The number of hydrogen-bond donors (Lipinski definition) is 0. The third kappa shape index (κ3) is 4.11. The number of fused-ring (bicyclic) bond motifs is 1. The van der Waals surface area contributed by atoms with Crippen LogP contribution in [0.15, 0.2) is 72.8 Å². The molecule has 0 saturated carbocycles. The molecule has 1 unspecified atom stereocenters. The molecule has 31 heavy (non-hydrogen) atoms. The van der Waals surface area contributed by atoms with Crippen LogP contribution in [0.3, 0.4) is 0 Å². The number of hydrogen-bond acceptors (Lipinski definition) is 3. The Morgan fingerprint density at radius 3 is 2.48 bits per heavy atom. The van der Waals surface area contributed by atoms with Crippen molar-refractivity contribution in [1.29, 1.82) is 0 Å². The first-order chi connectivity index (χ1) is 15.1. The van der Waals surface area contributed by atoms with E-state index in [1.54, 1.807) is 6.07 Å². The van der Waals surface area contributed by atoms with Crippen molar-refractivity contribution < 1.29 is 14.3 Å². The summed E-state index contributed by atoms with van der Waals surface area (Å²) in [5, 5.41) is 0. The van der Waals surface area contributed by atoms with E-state index in [0.29, 0.717) is 18.5 Å². The molecule has 0 bridgehead atoms. The van der Waals surface area contributed by atoms with Crippen LogP contribution in [-0.2, 0) is 16.1 Å². The molecule has 0 radical (unpaired) electrons. The number of ether oxygens (including phenoxy) is 1. The van der Waals surface area contributed by atoms with Gasteiger partial charge in [-0.1, -0.05) is 74.0 Å². The number of esters is 1. The standard InChI is InChI=1S/C27H27NO3/c1-3-4-14-25(29)28-18-21-17-20(22-12-8-9-13-24(22)27(30)31-2)15-16-23(21)26(28)19-10-6-5-7-11-19/h5-13,15-17,26H,3-4,14,18H2,1-2H3. The number of nitrogens with zero attached hydrogens (tertiary/aromatic N) is 1. The summed E-state index contributed by atoms with van der Waals surface area (Å²) in [5.74, 6) is -0.168. The molecule has 1 aliphatic rings. The molecule has 0 spiro atoms. The topological polar surface area (TPSA) is 46.6 Å². The van der Waals surface area contributed by atoms with Gasteiger partial charge in [0.1, 0.15) is 0 Å². The quantitative estimate of drug-likeness (QED) is 0.483. The number of methoxy groups -OCH3 is 1. The Hall–Kier alpha value is -3.40. The monoisotopic (exact) mass is 413 g/mol. The summed E-state index contributed by atoms with van der Waals surface area (Å²) >= 11 is 0. The average Bonchev–Trinajstić information content (AvgIpc) is 3.21. The van der Waals surface area contributed by atoms with Crippen molar-refractivity contribution in [3.63, 3.8) is 0 Å². The first-order valence-electron chi connectivity index (χ1n) is 10.8. The summed E-state index contributed by atoms with van der Waals surface area (Å²) in [6.45, 7) is 2.68. The van der Waals surface area contributed by atoms with Gasteiger partial charge in [0, 0.05) is 13.0 Å². The molecule has 4 rings (SSSR count). The van der Waals surface area contributed by atoms with E-state index in [4.69, 9.17) is 4.74 Å². The van der Waals surface area contributed by atoms with E-state index >= 15 is 0 Å². The highest BCUT2D eigenvalue weighted by Crippen LogP contribution is 2.41. The van der Waals surface area contributed by atoms with Crippen LogP contribution in [0.2, 0.25) is 0 Å². The van der Waals surface area contributed by atoms with E-state index in [2.05, 4.69) is 31.2 Å². The Balaban J connectivity index is 1.76. The molecular formula is C27H27NO3. The van der Waals surface area contributed by atoms with Crippen LogP contribution in [0.25, 0.3) is 11.1 Å². The van der Waals surface area contributed by atoms with Crippen molar-refractivity contribution in [3.05, 3.63) is 95.1 Å². The van der Waals surface area contributed by atoms with Gasteiger partial charge < -0.3 is 9.64 Å². The molecule has 158 valence electrons. The largest absolute Gasteiger partial charge is 0.465 e. The van der Waals surface area contributed by atoms with Crippen LogP contribution >= 0.6 is 0 Å². The maximum Gasteiger partial charge on any atom is 0.338 e.